The van der Waals surface area contributed by atoms with Gasteiger partial charge in [-0.1, -0.05) is 52.3 Å². The van der Waals surface area contributed by atoms with Crippen LogP contribution in [-0.4, -0.2) is 25.0 Å². The molecular weight excluding hydrogens is 372 g/mol. The van der Waals surface area contributed by atoms with E-state index < -0.39 is 0 Å². The molecule has 1 atom stereocenters. The number of hydrogen-bond acceptors (Lipinski definition) is 3. The standard InChI is InChI=1S/C18H19BrN2O3/c1-13(15-9-5-6-10-16(15)19)21-17(22)11-20-18(23)12-24-14-7-3-2-4-8-14/h2-10,13H,11-12H2,1H3,(H,20,23)(H,21,22)/t13-/m0/s1. The van der Waals surface area contributed by atoms with Gasteiger partial charge in [0, 0.05) is 4.47 Å². The number of amides is 2. The molecule has 2 N–H and O–H groups in total. The predicted molar refractivity (Wildman–Crippen MR) is 95.6 cm³/mol. The molecule has 0 aromatic heterocycles. The van der Waals surface area contributed by atoms with Crippen molar-refractivity contribution in [3.05, 3.63) is 64.6 Å². The van der Waals surface area contributed by atoms with E-state index >= 15 is 0 Å². The van der Waals surface area contributed by atoms with Crippen LogP contribution < -0.4 is 15.4 Å². The molecule has 0 aliphatic rings. The molecule has 0 bridgehead atoms. The van der Waals surface area contributed by atoms with E-state index in [-0.39, 0.29) is 31.0 Å². The van der Waals surface area contributed by atoms with Gasteiger partial charge in [0.15, 0.2) is 6.61 Å². The Kier molecular flexibility index (Phi) is 6.81. The molecule has 5 nitrogen and oxygen atoms in total. The van der Waals surface area contributed by atoms with E-state index in [1.807, 2.05) is 49.4 Å². The second-order valence-electron chi connectivity index (χ2n) is 5.19. The number of hydrogen-bond donors (Lipinski definition) is 2. The van der Waals surface area contributed by atoms with Gasteiger partial charge in [0.1, 0.15) is 5.75 Å². The van der Waals surface area contributed by atoms with Crippen LogP contribution in [0.2, 0.25) is 0 Å². The zero-order valence-electron chi connectivity index (χ0n) is 13.3. The smallest absolute Gasteiger partial charge is 0.258 e. The van der Waals surface area contributed by atoms with Crippen LogP contribution in [0.5, 0.6) is 5.75 Å². The van der Waals surface area contributed by atoms with Gasteiger partial charge in [0.2, 0.25) is 5.91 Å². The maximum Gasteiger partial charge on any atom is 0.258 e. The lowest BCUT2D eigenvalue weighted by Gasteiger charge is -2.16. The highest BCUT2D eigenvalue weighted by atomic mass is 79.9. The molecular formula is C18H19BrN2O3. The Balaban J connectivity index is 1.72. The summed E-state index contributed by atoms with van der Waals surface area (Å²) in [4.78, 5) is 23.6. The van der Waals surface area contributed by atoms with Crippen LogP contribution in [0.15, 0.2) is 59.1 Å². The fraction of sp³-hybridized carbons (Fsp3) is 0.222. The number of nitrogens with one attached hydrogen (secondary N) is 2. The topological polar surface area (TPSA) is 67.4 Å². The molecule has 0 saturated carbocycles. The number of ether oxygens (including phenoxy) is 1. The molecule has 2 amide bonds. The highest BCUT2D eigenvalue weighted by Crippen LogP contribution is 2.22. The predicted octanol–water partition coefficient (Wildman–Crippen LogP) is 2.82. The molecule has 126 valence electrons. The third-order valence-electron chi connectivity index (χ3n) is 3.31. The molecule has 0 saturated heterocycles. The summed E-state index contributed by atoms with van der Waals surface area (Å²) in [5.41, 5.74) is 0.976. The minimum absolute atomic E-state index is 0.0915. The fourth-order valence-electron chi connectivity index (χ4n) is 2.09. The van der Waals surface area contributed by atoms with Crippen LogP contribution in [0, 0.1) is 0 Å². The first-order valence-electron chi connectivity index (χ1n) is 7.54. The summed E-state index contributed by atoms with van der Waals surface area (Å²) in [6.45, 7) is 1.67. The molecule has 2 aromatic carbocycles. The summed E-state index contributed by atoms with van der Waals surface area (Å²) < 4.78 is 6.25. The van der Waals surface area contributed by atoms with E-state index in [1.54, 1.807) is 12.1 Å². The minimum Gasteiger partial charge on any atom is -0.484 e. The lowest BCUT2D eigenvalue weighted by Crippen LogP contribution is -2.39. The lowest BCUT2D eigenvalue weighted by molar-refractivity contribution is -0.127. The number of benzene rings is 2. The van der Waals surface area contributed by atoms with Gasteiger partial charge < -0.3 is 15.4 Å². The SMILES string of the molecule is C[C@H](NC(=O)CNC(=O)COc1ccccc1)c1ccccc1Br. The Bertz CT molecular complexity index is 692. The van der Waals surface area contributed by atoms with Gasteiger partial charge in [-0.25, -0.2) is 0 Å². The molecule has 0 aliphatic heterocycles. The van der Waals surface area contributed by atoms with Crippen LogP contribution in [0.25, 0.3) is 0 Å². The van der Waals surface area contributed by atoms with Gasteiger partial charge in [0.25, 0.3) is 5.91 Å². The molecule has 0 fully saturated rings. The van der Waals surface area contributed by atoms with Crippen molar-refractivity contribution in [2.45, 2.75) is 13.0 Å². The number of halogens is 1. The van der Waals surface area contributed by atoms with Crippen molar-refractivity contribution >= 4 is 27.7 Å². The first-order valence-corrected chi connectivity index (χ1v) is 8.34. The van der Waals surface area contributed by atoms with Crippen LogP contribution in [0.4, 0.5) is 0 Å². The van der Waals surface area contributed by atoms with Crippen LogP contribution in [0.1, 0.15) is 18.5 Å². The highest BCUT2D eigenvalue weighted by Gasteiger charge is 2.12. The quantitative estimate of drug-likeness (QED) is 0.763. The Morgan fingerprint density at radius 3 is 2.42 bits per heavy atom. The largest absolute Gasteiger partial charge is 0.484 e. The summed E-state index contributed by atoms with van der Waals surface area (Å²) >= 11 is 3.45. The maximum atomic E-state index is 11.9. The van der Waals surface area contributed by atoms with Crippen LogP contribution >= 0.6 is 15.9 Å². The third-order valence-corrected chi connectivity index (χ3v) is 4.03. The van der Waals surface area contributed by atoms with Crippen molar-refractivity contribution in [2.75, 3.05) is 13.2 Å². The number of carbonyl (C=O) groups excluding carboxylic acids is 2. The van der Waals surface area contributed by atoms with Crippen molar-refractivity contribution in [2.24, 2.45) is 0 Å². The Hall–Kier alpha value is -2.34. The normalized spacial score (nSPS) is 11.4. The summed E-state index contributed by atoms with van der Waals surface area (Å²) in [5, 5.41) is 5.38. The van der Waals surface area contributed by atoms with Crippen molar-refractivity contribution in [3.8, 4) is 5.75 Å². The molecule has 0 aliphatic carbocycles. The van der Waals surface area contributed by atoms with Crippen molar-refractivity contribution < 1.29 is 14.3 Å². The average Bonchev–Trinajstić information content (AvgIpc) is 2.59. The number of carbonyl (C=O) groups is 2. The molecule has 0 unspecified atom stereocenters. The van der Waals surface area contributed by atoms with E-state index in [9.17, 15) is 9.59 Å². The second kappa shape index (κ2) is 9.08. The summed E-state index contributed by atoms with van der Waals surface area (Å²) in [5.74, 6) is 0.00788. The molecule has 2 aromatic rings. The molecule has 0 heterocycles. The third kappa shape index (κ3) is 5.70. The summed E-state index contributed by atoms with van der Waals surface area (Å²) in [6.07, 6.45) is 0. The van der Waals surface area contributed by atoms with E-state index in [2.05, 4.69) is 26.6 Å². The van der Waals surface area contributed by atoms with Crippen molar-refractivity contribution in [3.63, 3.8) is 0 Å². The van der Waals surface area contributed by atoms with E-state index in [0.717, 1.165) is 10.0 Å². The number of rotatable bonds is 7. The highest BCUT2D eigenvalue weighted by molar-refractivity contribution is 9.10. The van der Waals surface area contributed by atoms with E-state index in [1.165, 1.54) is 0 Å². The van der Waals surface area contributed by atoms with Crippen molar-refractivity contribution in [1.29, 1.82) is 0 Å². The molecule has 24 heavy (non-hydrogen) atoms. The first-order chi connectivity index (χ1) is 11.6. The van der Waals surface area contributed by atoms with Gasteiger partial charge in [-0.2, -0.15) is 0 Å². The zero-order chi connectivity index (χ0) is 17.4. The zero-order valence-corrected chi connectivity index (χ0v) is 14.9. The minimum atomic E-state index is -0.345. The Labute approximate surface area is 149 Å². The molecule has 0 spiro atoms. The molecule has 0 radical (unpaired) electrons. The molecule has 2 rings (SSSR count). The summed E-state index contributed by atoms with van der Waals surface area (Å²) in [6, 6.07) is 16.5. The second-order valence-corrected chi connectivity index (χ2v) is 6.04. The van der Waals surface area contributed by atoms with Gasteiger partial charge in [-0.3, -0.25) is 9.59 Å². The van der Waals surface area contributed by atoms with Gasteiger partial charge in [-0.15, -0.1) is 0 Å². The fourth-order valence-corrected chi connectivity index (χ4v) is 2.72. The van der Waals surface area contributed by atoms with Crippen LogP contribution in [-0.2, 0) is 9.59 Å². The van der Waals surface area contributed by atoms with Gasteiger partial charge in [-0.05, 0) is 30.7 Å². The van der Waals surface area contributed by atoms with E-state index in [4.69, 9.17) is 4.74 Å². The monoisotopic (exact) mass is 390 g/mol. The van der Waals surface area contributed by atoms with Crippen molar-refractivity contribution in [1.82, 2.24) is 10.6 Å². The van der Waals surface area contributed by atoms with Gasteiger partial charge >= 0.3 is 0 Å². The molecule has 6 heteroatoms. The Morgan fingerprint density at radius 1 is 1.04 bits per heavy atom. The average molecular weight is 391 g/mol. The summed E-state index contributed by atoms with van der Waals surface area (Å²) in [7, 11) is 0. The lowest BCUT2D eigenvalue weighted by atomic mass is 10.1. The first kappa shape index (κ1) is 18.0. The Morgan fingerprint density at radius 2 is 1.71 bits per heavy atom. The maximum absolute atomic E-state index is 11.9. The van der Waals surface area contributed by atoms with E-state index in [0.29, 0.717) is 5.75 Å². The number of para-hydroxylation sites is 1. The van der Waals surface area contributed by atoms with Gasteiger partial charge in [0.05, 0.1) is 12.6 Å². The van der Waals surface area contributed by atoms with Crippen LogP contribution in [0.3, 0.4) is 0 Å².